The molecule has 0 aliphatic carbocycles. The Morgan fingerprint density at radius 1 is 1.09 bits per heavy atom. The van der Waals surface area contributed by atoms with Gasteiger partial charge in [-0.25, -0.2) is 8.42 Å². The van der Waals surface area contributed by atoms with Crippen LogP contribution in [0.25, 0.3) is 11.5 Å². The number of hydrogen-bond donors (Lipinski definition) is 0. The van der Waals surface area contributed by atoms with E-state index in [1.165, 1.54) is 22.5 Å². The number of Topliss-reactive ketones (excluding diaryl/α,β-unsaturated/α-hetero) is 1. The SMILES string of the molecule is O=C(CSc1nnc(-c2cccc(S(=O)(=O)N3CCOCC3)c2)o1)c1ccc(Cl)cc1Cl. The van der Waals surface area contributed by atoms with Gasteiger partial charge in [-0.15, -0.1) is 10.2 Å². The van der Waals surface area contributed by atoms with Crippen molar-refractivity contribution in [3.8, 4) is 11.5 Å². The maximum atomic E-state index is 12.9. The van der Waals surface area contributed by atoms with Gasteiger partial charge in [0.05, 0.1) is 28.9 Å². The van der Waals surface area contributed by atoms with Crippen LogP contribution in [0.1, 0.15) is 10.4 Å². The van der Waals surface area contributed by atoms with Crippen LogP contribution in [0.5, 0.6) is 0 Å². The number of benzene rings is 2. The van der Waals surface area contributed by atoms with E-state index in [1.807, 2.05) is 0 Å². The van der Waals surface area contributed by atoms with Crippen molar-refractivity contribution < 1.29 is 22.4 Å². The summed E-state index contributed by atoms with van der Waals surface area (Å²) in [6.45, 7) is 1.34. The molecular weight excluding hydrogens is 497 g/mol. The van der Waals surface area contributed by atoms with Gasteiger partial charge in [-0.05, 0) is 36.4 Å². The average Bonchev–Trinajstić information content (AvgIpc) is 3.27. The number of rotatable bonds is 7. The molecule has 1 aliphatic heterocycles. The van der Waals surface area contributed by atoms with Crippen molar-refractivity contribution in [1.82, 2.24) is 14.5 Å². The highest BCUT2D eigenvalue weighted by Crippen LogP contribution is 2.28. The molecular formula is C20H17Cl2N3O5S2. The van der Waals surface area contributed by atoms with Crippen molar-refractivity contribution in [3.05, 3.63) is 58.1 Å². The Morgan fingerprint density at radius 2 is 1.88 bits per heavy atom. The molecule has 0 N–H and O–H groups in total. The van der Waals surface area contributed by atoms with Gasteiger partial charge in [-0.3, -0.25) is 4.79 Å². The van der Waals surface area contributed by atoms with Crippen LogP contribution in [-0.2, 0) is 14.8 Å². The molecule has 4 rings (SSSR count). The smallest absolute Gasteiger partial charge is 0.277 e. The zero-order chi connectivity index (χ0) is 22.7. The lowest BCUT2D eigenvalue weighted by Crippen LogP contribution is -2.40. The predicted octanol–water partition coefficient (Wildman–Crippen LogP) is 4.04. The summed E-state index contributed by atoms with van der Waals surface area (Å²) in [5, 5.41) is 8.82. The summed E-state index contributed by atoms with van der Waals surface area (Å²) in [4.78, 5) is 12.5. The molecule has 8 nitrogen and oxygen atoms in total. The number of halogens is 2. The van der Waals surface area contributed by atoms with E-state index in [0.717, 1.165) is 11.8 Å². The van der Waals surface area contributed by atoms with Crippen LogP contribution in [-0.4, -0.2) is 60.8 Å². The fraction of sp³-hybridized carbons (Fsp3) is 0.250. The summed E-state index contributed by atoms with van der Waals surface area (Å²) in [6, 6.07) is 11.0. The first-order valence-corrected chi connectivity index (χ1v) is 12.7. The summed E-state index contributed by atoms with van der Waals surface area (Å²) < 4.78 is 38.0. The van der Waals surface area contributed by atoms with E-state index in [0.29, 0.717) is 42.5 Å². The molecule has 3 aromatic rings. The molecule has 0 amide bonds. The zero-order valence-corrected chi connectivity index (χ0v) is 19.7. The van der Waals surface area contributed by atoms with E-state index in [1.54, 1.807) is 24.3 Å². The molecule has 12 heteroatoms. The number of hydrogen-bond acceptors (Lipinski definition) is 8. The molecule has 0 radical (unpaired) electrons. The summed E-state index contributed by atoms with van der Waals surface area (Å²) >= 11 is 13.0. The molecule has 1 aromatic heterocycles. The number of thioether (sulfide) groups is 1. The van der Waals surface area contributed by atoms with Crippen LogP contribution in [0.3, 0.4) is 0 Å². The van der Waals surface area contributed by atoms with Gasteiger partial charge >= 0.3 is 0 Å². The van der Waals surface area contributed by atoms with Gasteiger partial charge in [-0.2, -0.15) is 4.31 Å². The Bertz CT molecular complexity index is 1240. The molecule has 0 spiro atoms. The lowest BCUT2D eigenvalue weighted by atomic mass is 10.1. The van der Waals surface area contributed by atoms with Gasteiger partial charge in [0.25, 0.3) is 5.22 Å². The second-order valence-electron chi connectivity index (χ2n) is 6.75. The third-order valence-electron chi connectivity index (χ3n) is 4.65. The van der Waals surface area contributed by atoms with Crippen LogP contribution < -0.4 is 0 Å². The van der Waals surface area contributed by atoms with Crippen molar-refractivity contribution in [2.75, 3.05) is 32.1 Å². The first kappa shape index (κ1) is 23.2. The number of nitrogens with zero attached hydrogens (tertiary/aromatic N) is 3. The van der Waals surface area contributed by atoms with Gasteiger partial charge in [0.2, 0.25) is 15.9 Å². The maximum Gasteiger partial charge on any atom is 0.277 e. The van der Waals surface area contributed by atoms with Gasteiger partial charge in [0.15, 0.2) is 5.78 Å². The van der Waals surface area contributed by atoms with Crippen LogP contribution >= 0.6 is 35.0 Å². The monoisotopic (exact) mass is 513 g/mol. The number of ketones is 1. The van der Waals surface area contributed by atoms with Crippen LogP contribution in [0.4, 0.5) is 0 Å². The Balaban J connectivity index is 1.46. The Kier molecular flexibility index (Phi) is 7.18. The van der Waals surface area contributed by atoms with Crippen LogP contribution in [0.15, 0.2) is 57.0 Å². The molecule has 0 bridgehead atoms. The summed E-state index contributed by atoms with van der Waals surface area (Å²) in [5.41, 5.74) is 0.815. The fourth-order valence-corrected chi connectivity index (χ4v) is 5.65. The van der Waals surface area contributed by atoms with Crippen molar-refractivity contribution >= 4 is 50.8 Å². The molecule has 2 aromatic carbocycles. The molecule has 1 saturated heterocycles. The minimum absolute atomic E-state index is 0.0361. The first-order valence-electron chi connectivity index (χ1n) is 9.47. The van der Waals surface area contributed by atoms with Gasteiger partial charge in [-0.1, -0.05) is 41.0 Å². The second-order valence-corrected chi connectivity index (χ2v) is 10.5. The quantitative estimate of drug-likeness (QED) is 0.344. The topological polar surface area (TPSA) is 103 Å². The number of aromatic nitrogens is 2. The highest BCUT2D eigenvalue weighted by atomic mass is 35.5. The minimum atomic E-state index is -3.65. The van der Waals surface area contributed by atoms with E-state index in [9.17, 15) is 13.2 Å². The first-order chi connectivity index (χ1) is 15.3. The lowest BCUT2D eigenvalue weighted by molar-refractivity contribution is 0.0730. The lowest BCUT2D eigenvalue weighted by Gasteiger charge is -2.26. The van der Waals surface area contributed by atoms with E-state index in [-0.39, 0.29) is 32.6 Å². The number of sulfonamides is 1. The van der Waals surface area contributed by atoms with E-state index in [4.69, 9.17) is 32.4 Å². The molecule has 0 saturated carbocycles. The molecule has 32 heavy (non-hydrogen) atoms. The van der Waals surface area contributed by atoms with Crippen LogP contribution in [0, 0.1) is 0 Å². The summed E-state index contributed by atoms with van der Waals surface area (Å²) in [6.07, 6.45) is 0. The molecule has 1 aliphatic rings. The van der Waals surface area contributed by atoms with Gasteiger partial charge < -0.3 is 9.15 Å². The Morgan fingerprint density at radius 3 is 2.62 bits per heavy atom. The number of morpholine rings is 1. The molecule has 1 fully saturated rings. The Labute approximate surface area is 198 Å². The van der Waals surface area contributed by atoms with Crippen molar-refractivity contribution in [1.29, 1.82) is 0 Å². The zero-order valence-electron chi connectivity index (χ0n) is 16.5. The third kappa shape index (κ3) is 5.16. The van der Waals surface area contributed by atoms with Crippen molar-refractivity contribution in [2.24, 2.45) is 0 Å². The van der Waals surface area contributed by atoms with E-state index >= 15 is 0 Å². The largest absolute Gasteiger partial charge is 0.411 e. The number of carbonyl (C=O) groups excluding carboxylic acids is 1. The highest BCUT2D eigenvalue weighted by molar-refractivity contribution is 7.99. The van der Waals surface area contributed by atoms with Crippen LogP contribution in [0.2, 0.25) is 10.0 Å². The second kappa shape index (κ2) is 9.90. The molecule has 0 atom stereocenters. The Hall–Kier alpha value is -1.95. The minimum Gasteiger partial charge on any atom is -0.411 e. The van der Waals surface area contributed by atoms with E-state index in [2.05, 4.69) is 10.2 Å². The van der Waals surface area contributed by atoms with Gasteiger partial charge in [0.1, 0.15) is 0 Å². The number of ether oxygens (including phenoxy) is 1. The normalized spacial score (nSPS) is 15.1. The average molecular weight is 514 g/mol. The van der Waals surface area contributed by atoms with Gasteiger partial charge in [0, 0.05) is 29.2 Å². The fourth-order valence-electron chi connectivity index (χ4n) is 3.03. The predicted molar refractivity (Wildman–Crippen MR) is 121 cm³/mol. The van der Waals surface area contributed by atoms with Crippen molar-refractivity contribution in [3.63, 3.8) is 0 Å². The molecule has 2 heterocycles. The summed E-state index contributed by atoms with van der Waals surface area (Å²) in [7, 11) is -3.65. The van der Waals surface area contributed by atoms with Crippen molar-refractivity contribution in [2.45, 2.75) is 10.1 Å². The molecule has 0 unspecified atom stereocenters. The molecule has 168 valence electrons. The van der Waals surface area contributed by atoms with E-state index < -0.39 is 10.0 Å². The summed E-state index contributed by atoms with van der Waals surface area (Å²) in [5.74, 6) is -0.0208. The third-order valence-corrected chi connectivity index (χ3v) is 7.91. The number of carbonyl (C=O) groups is 1. The standard InChI is InChI=1S/C20H17Cl2N3O5S2/c21-14-4-5-16(17(22)11-14)18(26)12-31-20-24-23-19(30-20)13-2-1-3-15(10-13)32(27,28)25-6-8-29-9-7-25/h1-5,10-11H,6-9,12H2. The maximum absolute atomic E-state index is 12.9. The highest BCUT2D eigenvalue weighted by Gasteiger charge is 2.27.